The van der Waals surface area contributed by atoms with E-state index in [9.17, 15) is 13.2 Å². The molecule has 0 aliphatic carbocycles. The van der Waals surface area contributed by atoms with Gasteiger partial charge in [-0.05, 0) is 47.5 Å². The van der Waals surface area contributed by atoms with Gasteiger partial charge < -0.3 is 10.1 Å². The largest absolute Gasteiger partial charge is 0.481 e. The highest BCUT2D eigenvalue weighted by atomic mass is 32.2. The smallest absolute Gasteiger partial charge is 0.261 e. The van der Waals surface area contributed by atoms with Gasteiger partial charge in [-0.1, -0.05) is 42.5 Å². The lowest BCUT2D eigenvalue weighted by molar-refractivity contribution is -0.127. The molecule has 0 heterocycles. The Morgan fingerprint density at radius 1 is 1.03 bits per heavy atom. The summed E-state index contributed by atoms with van der Waals surface area (Å²) in [5.41, 5.74) is 1.56. The van der Waals surface area contributed by atoms with Crippen LogP contribution >= 0.6 is 0 Å². The third-order valence-electron chi connectivity index (χ3n) is 4.71. The molecule has 7 heteroatoms. The van der Waals surface area contributed by atoms with Gasteiger partial charge in [0.05, 0.1) is 11.9 Å². The van der Waals surface area contributed by atoms with Crippen molar-refractivity contribution in [1.29, 1.82) is 0 Å². The average Bonchev–Trinajstić information content (AvgIpc) is 2.71. The van der Waals surface area contributed by atoms with Crippen molar-refractivity contribution in [3.05, 3.63) is 72.3 Å². The SMILES string of the molecule is CC(Oc1ccc(N(C)S(C)(=O)=O)cc1)C(=O)NCc1cccc2ccccc12. The summed E-state index contributed by atoms with van der Waals surface area (Å²) < 4.78 is 30.1. The fourth-order valence-electron chi connectivity index (χ4n) is 2.96. The molecule has 1 amide bonds. The maximum Gasteiger partial charge on any atom is 0.261 e. The summed E-state index contributed by atoms with van der Waals surface area (Å²) in [7, 11) is -1.85. The number of nitrogens with one attached hydrogen (secondary N) is 1. The Hall–Kier alpha value is -3.06. The van der Waals surface area contributed by atoms with Crippen LogP contribution in [0.3, 0.4) is 0 Å². The van der Waals surface area contributed by atoms with Gasteiger partial charge in [0.15, 0.2) is 6.10 Å². The van der Waals surface area contributed by atoms with E-state index in [0.29, 0.717) is 18.0 Å². The second-order valence-corrected chi connectivity index (χ2v) is 8.85. The molecule has 1 atom stereocenters. The molecule has 3 aromatic carbocycles. The molecule has 1 N–H and O–H groups in total. The first kappa shape index (κ1) is 20.7. The fourth-order valence-corrected chi connectivity index (χ4v) is 3.46. The van der Waals surface area contributed by atoms with E-state index in [1.807, 2.05) is 42.5 Å². The lowest BCUT2D eigenvalue weighted by atomic mass is 10.0. The van der Waals surface area contributed by atoms with Gasteiger partial charge in [-0.15, -0.1) is 0 Å². The maximum atomic E-state index is 12.4. The highest BCUT2D eigenvalue weighted by molar-refractivity contribution is 7.92. The number of benzene rings is 3. The Morgan fingerprint density at radius 3 is 2.38 bits per heavy atom. The maximum absolute atomic E-state index is 12.4. The summed E-state index contributed by atoms with van der Waals surface area (Å²) in [6.45, 7) is 2.08. The number of fused-ring (bicyclic) bond motifs is 1. The zero-order chi connectivity index (χ0) is 21.0. The monoisotopic (exact) mass is 412 g/mol. The molecule has 152 valence electrons. The topological polar surface area (TPSA) is 75.7 Å². The van der Waals surface area contributed by atoms with Crippen LogP contribution in [-0.4, -0.2) is 33.7 Å². The third-order valence-corrected chi connectivity index (χ3v) is 5.92. The summed E-state index contributed by atoms with van der Waals surface area (Å²) >= 11 is 0. The molecule has 0 aromatic heterocycles. The Morgan fingerprint density at radius 2 is 1.69 bits per heavy atom. The first-order valence-corrected chi connectivity index (χ1v) is 11.1. The first-order valence-electron chi connectivity index (χ1n) is 9.20. The van der Waals surface area contributed by atoms with Gasteiger partial charge in [0.2, 0.25) is 10.0 Å². The highest BCUT2D eigenvalue weighted by Gasteiger charge is 2.16. The third kappa shape index (κ3) is 5.06. The van der Waals surface area contributed by atoms with E-state index < -0.39 is 16.1 Å². The fraction of sp³-hybridized carbons (Fsp3) is 0.227. The number of hydrogen-bond donors (Lipinski definition) is 1. The average molecular weight is 413 g/mol. The molecule has 6 nitrogen and oxygen atoms in total. The van der Waals surface area contributed by atoms with Gasteiger partial charge in [-0.3, -0.25) is 9.10 Å². The van der Waals surface area contributed by atoms with Gasteiger partial charge in [-0.2, -0.15) is 0 Å². The molecule has 3 rings (SSSR count). The van der Waals surface area contributed by atoms with Crippen LogP contribution in [0, 0.1) is 0 Å². The van der Waals surface area contributed by atoms with E-state index in [0.717, 1.165) is 22.6 Å². The van der Waals surface area contributed by atoms with Gasteiger partial charge in [0.1, 0.15) is 5.75 Å². The van der Waals surface area contributed by atoms with Crippen LogP contribution in [0.4, 0.5) is 5.69 Å². The number of anilines is 1. The number of sulfonamides is 1. The number of rotatable bonds is 7. The zero-order valence-electron chi connectivity index (χ0n) is 16.6. The minimum absolute atomic E-state index is 0.227. The number of amides is 1. The predicted molar refractivity (Wildman–Crippen MR) is 116 cm³/mol. The number of hydrogen-bond acceptors (Lipinski definition) is 4. The summed E-state index contributed by atoms with van der Waals surface area (Å²) in [6, 6.07) is 20.6. The second-order valence-electron chi connectivity index (χ2n) is 6.84. The normalized spacial score (nSPS) is 12.4. The molecule has 0 saturated heterocycles. The predicted octanol–water partition coefficient (Wildman–Crippen LogP) is 3.32. The highest BCUT2D eigenvalue weighted by Crippen LogP contribution is 2.21. The summed E-state index contributed by atoms with van der Waals surface area (Å²) in [6.07, 6.45) is 0.447. The van der Waals surface area contributed by atoms with Gasteiger partial charge in [0.25, 0.3) is 5.91 Å². The molecule has 0 spiro atoms. The van der Waals surface area contributed by atoms with Gasteiger partial charge >= 0.3 is 0 Å². The minimum atomic E-state index is -3.33. The first-order chi connectivity index (χ1) is 13.8. The van der Waals surface area contributed by atoms with Crippen LogP contribution in [0.25, 0.3) is 10.8 Å². The van der Waals surface area contributed by atoms with Crippen molar-refractivity contribution in [3.8, 4) is 5.75 Å². The minimum Gasteiger partial charge on any atom is -0.481 e. The number of nitrogens with zero attached hydrogens (tertiary/aromatic N) is 1. The molecule has 29 heavy (non-hydrogen) atoms. The van der Waals surface area contributed by atoms with E-state index in [-0.39, 0.29) is 5.91 Å². The van der Waals surface area contributed by atoms with Crippen molar-refractivity contribution in [1.82, 2.24) is 5.32 Å². The summed E-state index contributed by atoms with van der Waals surface area (Å²) in [5, 5.41) is 5.14. The van der Waals surface area contributed by atoms with Crippen LogP contribution in [0.2, 0.25) is 0 Å². The number of ether oxygens (including phenoxy) is 1. The molecular formula is C22H24N2O4S. The Labute approximate surface area is 171 Å². The van der Waals surface area contributed by atoms with Crippen LogP contribution < -0.4 is 14.4 Å². The molecule has 0 aliphatic heterocycles. The van der Waals surface area contributed by atoms with Crippen LogP contribution in [0.15, 0.2) is 66.7 Å². The molecule has 0 radical (unpaired) electrons. The Bertz CT molecular complexity index is 1110. The Balaban J connectivity index is 1.60. The zero-order valence-corrected chi connectivity index (χ0v) is 17.4. The molecule has 0 fully saturated rings. The van der Waals surface area contributed by atoms with E-state index >= 15 is 0 Å². The van der Waals surface area contributed by atoms with Gasteiger partial charge in [-0.25, -0.2) is 8.42 Å². The molecule has 0 aliphatic rings. The van der Waals surface area contributed by atoms with Crippen LogP contribution in [0.1, 0.15) is 12.5 Å². The molecule has 1 unspecified atom stereocenters. The van der Waals surface area contributed by atoms with Crippen molar-refractivity contribution < 1.29 is 17.9 Å². The number of carbonyl (C=O) groups is 1. The lowest BCUT2D eigenvalue weighted by Crippen LogP contribution is -2.35. The van der Waals surface area contributed by atoms with Gasteiger partial charge in [0, 0.05) is 13.6 Å². The second kappa shape index (κ2) is 8.53. The molecule has 0 bridgehead atoms. The Kier molecular flexibility index (Phi) is 6.08. The van der Waals surface area contributed by atoms with Crippen molar-refractivity contribution in [2.75, 3.05) is 17.6 Å². The van der Waals surface area contributed by atoms with Crippen molar-refractivity contribution >= 4 is 32.4 Å². The van der Waals surface area contributed by atoms with E-state index in [4.69, 9.17) is 4.74 Å². The van der Waals surface area contributed by atoms with E-state index in [1.54, 1.807) is 31.2 Å². The molecular weight excluding hydrogens is 388 g/mol. The van der Waals surface area contributed by atoms with Crippen LogP contribution in [-0.2, 0) is 21.4 Å². The summed E-state index contributed by atoms with van der Waals surface area (Å²) in [5.74, 6) is 0.263. The van der Waals surface area contributed by atoms with Crippen molar-refractivity contribution in [2.24, 2.45) is 0 Å². The van der Waals surface area contributed by atoms with E-state index in [2.05, 4.69) is 5.32 Å². The van der Waals surface area contributed by atoms with Crippen LogP contribution in [0.5, 0.6) is 5.75 Å². The lowest BCUT2D eigenvalue weighted by Gasteiger charge is -2.18. The van der Waals surface area contributed by atoms with Crippen molar-refractivity contribution in [3.63, 3.8) is 0 Å². The quantitative estimate of drug-likeness (QED) is 0.646. The number of carbonyl (C=O) groups excluding carboxylic acids is 1. The molecule has 3 aromatic rings. The van der Waals surface area contributed by atoms with E-state index in [1.165, 1.54) is 11.4 Å². The standard InChI is InChI=1S/C22H24N2O4S/c1-16(28-20-13-11-19(12-14-20)24(2)29(3,26)27)22(25)23-15-18-9-6-8-17-7-4-5-10-21(17)18/h4-14,16H,15H2,1-3H3,(H,23,25). The van der Waals surface area contributed by atoms with Crippen molar-refractivity contribution in [2.45, 2.75) is 19.6 Å². The molecule has 0 saturated carbocycles. The summed E-state index contributed by atoms with van der Waals surface area (Å²) in [4.78, 5) is 12.4.